The lowest BCUT2D eigenvalue weighted by Crippen LogP contribution is -2.27. The molecule has 136 valence electrons. The predicted molar refractivity (Wildman–Crippen MR) is 107 cm³/mol. The fraction of sp³-hybridized carbons (Fsp3) is 0.158. The molecule has 1 aliphatic carbocycles. The summed E-state index contributed by atoms with van der Waals surface area (Å²) >= 11 is 12.1. The van der Waals surface area contributed by atoms with Crippen LogP contribution in [0.4, 0.5) is 5.69 Å². The molecule has 0 aromatic heterocycles. The first-order valence-corrected chi connectivity index (χ1v) is 10.2. The molecule has 0 saturated heterocycles. The van der Waals surface area contributed by atoms with E-state index in [0.717, 1.165) is 11.1 Å². The lowest BCUT2D eigenvalue weighted by molar-refractivity contribution is 0.282. The fourth-order valence-electron chi connectivity index (χ4n) is 2.73. The number of anilines is 1. The number of nitrogens with one attached hydrogen (secondary N) is 1. The summed E-state index contributed by atoms with van der Waals surface area (Å²) in [7, 11) is -3.60. The second-order valence-corrected chi connectivity index (χ2v) is 8.67. The van der Waals surface area contributed by atoms with Crippen LogP contribution in [0.25, 0.3) is 5.57 Å². The minimum atomic E-state index is -3.60. The number of aliphatic hydroxyl groups excluding tert-OH is 1. The van der Waals surface area contributed by atoms with Crippen molar-refractivity contribution in [1.29, 1.82) is 0 Å². The predicted octanol–water partition coefficient (Wildman–Crippen LogP) is 4.64. The van der Waals surface area contributed by atoms with Gasteiger partial charge in [0.1, 0.15) is 5.25 Å². The SMILES string of the molecule is O=S(=O)(Nc1cccc(CO)c1)C1C=CC(c2ccc(Cl)cc2Cl)=CC1. The number of hydrogen-bond acceptors (Lipinski definition) is 3. The highest BCUT2D eigenvalue weighted by molar-refractivity contribution is 7.93. The van der Waals surface area contributed by atoms with Crippen LogP contribution in [0.1, 0.15) is 17.5 Å². The first-order valence-electron chi connectivity index (χ1n) is 7.94. The Hall–Kier alpha value is -1.79. The monoisotopic (exact) mass is 409 g/mol. The molecule has 7 heteroatoms. The lowest BCUT2D eigenvalue weighted by Gasteiger charge is -2.19. The molecule has 26 heavy (non-hydrogen) atoms. The van der Waals surface area contributed by atoms with Crippen LogP contribution in [0.15, 0.2) is 60.7 Å². The van der Waals surface area contributed by atoms with Gasteiger partial charge in [0.05, 0.1) is 6.61 Å². The largest absolute Gasteiger partial charge is 0.392 e. The third kappa shape index (κ3) is 4.30. The van der Waals surface area contributed by atoms with E-state index in [2.05, 4.69) is 4.72 Å². The Labute approximate surface area is 162 Å². The Morgan fingerprint density at radius 3 is 2.62 bits per heavy atom. The number of rotatable bonds is 5. The molecule has 2 aromatic rings. The third-order valence-electron chi connectivity index (χ3n) is 4.07. The van der Waals surface area contributed by atoms with Gasteiger partial charge in [-0.15, -0.1) is 0 Å². The van der Waals surface area contributed by atoms with Crippen LogP contribution in [0.5, 0.6) is 0 Å². The van der Waals surface area contributed by atoms with Gasteiger partial charge in [-0.2, -0.15) is 0 Å². The molecule has 0 spiro atoms. The van der Waals surface area contributed by atoms with Crippen LogP contribution in [0.2, 0.25) is 10.0 Å². The first-order chi connectivity index (χ1) is 12.4. The molecule has 4 nitrogen and oxygen atoms in total. The van der Waals surface area contributed by atoms with Crippen LogP contribution in [-0.4, -0.2) is 18.8 Å². The molecule has 0 aliphatic heterocycles. The van der Waals surface area contributed by atoms with Gasteiger partial charge < -0.3 is 5.11 Å². The van der Waals surface area contributed by atoms with Gasteiger partial charge in [-0.1, -0.05) is 59.6 Å². The van der Waals surface area contributed by atoms with Crippen molar-refractivity contribution in [3.8, 4) is 0 Å². The standard InChI is InChI=1S/C19H17Cl2NO3S/c20-15-6-9-18(19(21)11-15)14-4-7-17(8-5-14)26(24,25)22-16-3-1-2-13(10-16)12-23/h1-7,9-11,17,22-23H,8,12H2. The quantitative estimate of drug-likeness (QED) is 0.755. The maximum atomic E-state index is 12.6. The smallest absolute Gasteiger partial charge is 0.239 e. The van der Waals surface area contributed by atoms with Crippen molar-refractivity contribution in [2.24, 2.45) is 0 Å². The summed E-state index contributed by atoms with van der Waals surface area (Å²) in [5, 5.41) is 9.56. The second kappa shape index (κ2) is 7.84. The Balaban J connectivity index is 1.75. The van der Waals surface area contributed by atoms with Gasteiger partial charge in [-0.05, 0) is 41.8 Å². The van der Waals surface area contributed by atoms with Gasteiger partial charge in [0.15, 0.2) is 0 Å². The van der Waals surface area contributed by atoms with Crippen LogP contribution in [0, 0.1) is 0 Å². The van der Waals surface area contributed by atoms with Crippen molar-refractivity contribution in [3.05, 3.63) is 81.9 Å². The van der Waals surface area contributed by atoms with Gasteiger partial charge in [0.25, 0.3) is 0 Å². The normalized spacial score (nSPS) is 17.0. The van der Waals surface area contributed by atoms with E-state index < -0.39 is 15.3 Å². The van der Waals surface area contributed by atoms with Crippen LogP contribution in [0.3, 0.4) is 0 Å². The van der Waals surface area contributed by atoms with E-state index >= 15 is 0 Å². The second-order valence-electron chi connectivity index (χ2n) is 5.92. The maximum Gasteiger partial charge on any atom is 0.239 e. The van der Waals surface area contributed by atoms with Gasteiger partial charge in [0, 0.05) is 21.3 Å². The molecule has 2 aromatic carbocycles. The zero-order valence-electron chi connectivity index (χ0n) is 13.7. The zero-order valence-corrected chi connectivity index (χ0v) is 16.0. The first kappa shape index (κ1) is 19.0. The third-order valence-corrected chi connectivity index (χ3v) is 6.29. The Bertz CT molecular complexity index is 984. The van der Waals surface area contributed by atoms with E-state index in [-0.39, 0.29) is 6.61 Å². The highest BCUT2D eigenvalue weighted by Crippen LogP contribution is 2.31. The molecule has 2 N–H and O–H groups in total. The number of allylic oxidation sites excluding steroid dienone is 3. The Morgan fingerprint density at radius 1 is 1.15 bits per heavy atom. The highest BCUT2D eigenvalue weighted by Gasteiger charge is 2.24. The molecule has 0 bridgehead atoms. The molecule has 0 saturated carbocycles. The van der Waals surface area contributed by atoms with Crippen molar-refractivity contribution in [3.63, 3.8) is 0 Å². The Morgan fingerprint density at radius 2 is 1.96 bits per heavy atom. The summed E-state index contributed by atoms with van der Waals surface area (Å²) in [5.74, 6) is 0. The summed E-state index contributed by atoms with van der Waals surface area (Å²) in [6.07, 6.45) is 5.59. The molecule has 0 fully saturated rings. The summed E-state index contributed by atoms with van der Waals surface area (Å²) in [6.45, 7) is -0.146. The van der Waals surface area contributed by atoms with E-state index in [9.17, 15) is 13.5 Å². The zero-order chi connectivity index (χ0) is 18.7. The van der Waals surface area contributed by atoms with Crippen LogP contribution < -0.4 is 4.72 Å². The lowest BCUT2D eigenvalue weighted by atomic mass is 9.99. The van der Waals surface area contributed by atoms with Gasteiger partial charge >= 0.3 is 0 Å². The molecule has 1 unspecified atom stereocenters. The fourth-order valence-corrected chi connectivity index (χ4v) is 4.49. The molecule has 1 aliphatic rings. The number of benzene rings is 2. The van der Waals surface area contributed by atoms with E-state index in [4.69, 9.17) is 23.2 Å². The molecular weight excluding hydrogens is 393 g/mol. The topological polar surface area (TPSA) is 66.4 Å². The average Bonchev–Trinajstić information content (AvgIpc) is 2.62. The molecule has 3 rings (SSSR count). The van der Waals surface area contributed by atoms with E-state index in [1.165, 1.54) is 0 Å². The maximum absolute atomic E-state index is 12.6. The molecular formula is C19H17Cl2NO3S. The molecule has 0 heterocycles. The number of sulfonamides is 1. The number of halogens is 2. The summed E-state index contributed by atoms with van der Waals surface area (Å²) in [4.78, 5) is 0. The van der Waals surface area contributed by atoms with Gasteiger partial charge in [-0.3, -0.25) is 4.72 Å². The van der Waals surface area contributed by atoms with Crippen molar-refractivity contribution in [2.45, 2.75) is 18.3 Å². The highest BCUT2D eigenvalue weighted by atomic mass is 35.5. The van der Waals surface area contributed by atoms with Crippen LogP contribution >= 0.6 is 23.2 Å². The van der Waals surface area contributed by atoms with E-state index in [1.807, 2.05) is 12.1 Å². The molecule has 0 amide bonds. The molecule has 1 atom stereocenters. The molecule has 0 radical (unpaired) electrons. The summed E-state index contributed by atoms with van der Waals surface area (Å²) in [5.41, 5.74) is 2.75. The minimum Gasteiger partial charge on any atom is -0.392 e. The van der Waals surface area contributed by atoms with E-state index in [0.29, 0.717) is 27.7 Å². The number of aliphatic hydroxyl groups is 1. The summed E-state index contributed by atoms with van der Waals surface area (Å²) < 4.78 is 27.8. The van der Waals surface area contributed by atoms with Crippen LogP contribution in [-0.2, 0) is 16.6 Å². The van der Waals surface area contributed by atoms with E-state index in [1.54, 1.807) is 48.6 Å². The Kier molecular flexibility index (Phi) is 5.73. The van der Waals surface area contributed by atoms with Crippen molar-refractivity contribution >= 4 is 44.5 Å². The van der Waals surface area contributed by atoms with Gasteiger partial charge in [0.2, 0.25) is 10.0 Å². The van der Waals surface area contributed by atoms with Crippen molar-refractivity contribution < 1.29 is 13.5 Å². The van der Waals surface area contributed by atoms with Crippen molar-refractivity contribution in [1.82, 2.24) is 0 Å². The average molecular weight is 410 g/mol. The summed E-state index contributed by atoms with van der Waals surface area (Å²) in [6, 6.07) is 11.9. The minimum absolute atomic E-state index is 0.146. The van der Waals surface area contributed by atoms with Crippen molar-refractivity contribution in [2.75, 3.05) is 4.72 Å². The van der Waals surface area contributed by atoms with Gasteiger partial charge in [-0.25, -0.2) is 8.42 Å². The number of hydrogen-bond donors (Lipinski definition) is 2.